The molecule has 130 valence electrons. The number of ether oxygens (including phenoxy) is 2. The van der Waals surface area contributed by atoms with Crippen LogP contribution >= 0.6 is 11.6 Å². The normalized spacial score (nSPS) is 9.96. The van der Waals surface area contributed by atoms with E-state index in [-0.39, 0.29) is 13.2 Å². The van der Waals surface area contributed by atoms with Crippen molar-refractivity contribution in [2.24, 2.45) is 0 Å². The summed E-state index contributed by atoms with van der Waals surface area (Å²) in [5.74, 6) is 0. The monoisotopic (exact) mass is 361 g/mol. The Bertz CT molecular complexity index is 665. The van der Waals surface area contributed by atoms with Gasteiger partial charge < -0.3 is 9.47 Å². The smallest absolute Gasteiger partial charge is 0.420 e. The first-order chi connectivity index (χ1) is 12.1. The van der Waals surface area contributed by atoms with Gasteiger partial charge in [0.2, 0.25) is 5.24 Å². The fourth-order valence-electron chi connectivity index (χ4n) is 1.92. The van der Waals surface area contributed by atoms with E-state index in [2.05, 4.69) is 0 Å². The van der Waals surface area contributed by atoms with Gasteiger partial charge in [-0.1, -0.05) is 60.7 Å². The number of carbonyl (C=O) groups excluding carboxylic acids is 3. The van der Waals surface area contributed by atoms with Crippen LogP contribution < -0.4 is 0 Å². The molecule has 6 nitrogen and oxygen atoms in total. The second-order valence-corrected chi connectivity index (χ2v) is 5.44. The summed E-state index contributed by atoms with van der Waals surface area (Å²) in [6.07, 6.45) is -2.01. The number of hydrogen-bond donors (Lipinski definition) is 0. The number of nitrogens with zero attached hydrogens (tertiary/aromatic N) is 1. The Morgan fingerprint density at radius 3 is 1.52 bits per heavy atom. The van der Waals surface area contributed by atoms with Crippen molar-refractivity contribution >= 4 is 29.0 Å². The number of carbonyl (C=O) groups is 3. The van der Waals surface area contributed by atoms with Gasteiger partial charge >= 0.3 is 12.2 Å². The van der Waals surface area contributed by atoms with Crippen LogP contribution in [-0.4, -0.2) is 28.9 Å². The van der Waals surface area contributed by atoms with Crippen LogP contribution in [0.4, 0.5) is 9.59 Å². The highest BCUT2D eigenvalue weighted by molar-refractivity contribution is 6.64. The number of imide groups is 1. The zero-order valence-electron chi connectivity index (χ0n) is 13.3. The van der Waals surface area contributed by atoms with E-state index in [0.717, 1.165) is 11.1 Å². The van der Waals surface area contributed by atoms with Gasteiger partial charge in [0, 0.05) is 0 Å². The third kappa shape index (κ3) is 6.27. The van der Waals surface area contributed by atoms with Gasteiger partial charge in [-0.3, -0.25) is 4.79 Å². The van der Waals surface area contributed by atoms with Crippen LogP contribution in [0.3, 0.4) is 0 Å². The lowest BCUT2D eigenvalue weighted by atomic mass is 10.2. The predicted octanol–water partition coefficient (Wildman–Crippen LogP) is 3.73. The van der Waals surface area contributed by atoms with Crippen molar-refractivity contribution < 1.29 is 23.9 Å². The molecule has 0 radical (unpaired) electrons. The minimum atomic E-state index is -1.00. The molecule has 0 N–H and O–H groups in total. The van der Waals surface area contributed by atoms with E-state index >= 15 is 0 Å². The van der Waals surface area contributed by atoms with Gasteiger partial charge in [0.05, 0.1) is 0 Å². The van der Waals surface area contributed by atoms with Crippen LogP contribution in [0, 0.1) is 0 Å². The molecule has 0 bridgehead atoms. The van der Waals surface area contributed by atoms with E-state index < -0.39 is 24.0 Å². The van der Waals surface area contributed by atoms with Gasteiger partial charge in [0.25, 0.3) is 0 Å². The van der Waals surface area contributed by atoms with Crippen molar-refractivity contribution in [2.45, 2.75) is 13.2 Å². The molecular formula is C18H16ClNO5. The van der Waals surface area contributed by atoms with Gasteiger partial charge in [-0.05, 0) is 22.7 Å². The molecule has 25 heavy (non-hydrogen) atoms. The lowest BCUT2D eigenvalue weighted by Crippen LogP contribution is -2.40. The molecule has 0 aliphatic carbocycles. The van der Waals surface area contributed by atoms with Crippen molar-refractivity contribution in [3.8, 4) is 0 Å². The van der Waals surface area contributed by atoms with Crippen LogP contribution in [0.1, 0.15) is 11.1 Å². The quantitative estimate of drug-likeness (QED) is 0.733. The van der Waals surface area contributed by atoms with E-state index in [1.54, 1.807) is 48.5 Å². The number of amides is 2. The first-order valence-corrected chi connectivity index (χ1v) is 7.81. The van der Waals surface area contributed by atoms with Gasteiger partial charge in [0.15, 0.2) is 0 Å². The highest BCUT2D eigenvalue weighted by Gasteiger charge is 2.26. The summed E-state index contributed by atoms with van der Waals surface area (Å²) in [5, 5.41) is -0.881. The zero-order chi connectivity index (χ0) is 18.1. The van der Waals surface area contributed by atoms with E-state index in [4.69, 9.17) is 21.1 Å². The van der Waals surface area contributed by atoms with E-state index in [1.165, 1.54) is 0 Å². The van der Waals surface area contributed by atoms with Crippen molar-refractivity contribution in [3.63, 3.8) is 0 Å². The minimum Gasteiger partial charge on any atom is -0.444 e. The van der Waals surface area contributed by atoms with Crippen LogP contribution in [0.25, 0.3) is 0 Å². The number of rotatable bonds is 6. The minimum absolute atomic E-state index is 0.0430. The Hall–Kier alpha value is -2.86. The standard InChI is InChI=1S/C18H16ClNO5/c19-16(21)11-20(17(22)24-12-14-7-3-1-4-8-14)18(23)25-13-15-9-5-2-6-10-15/h1-10H,11-13H2. The Labute approximate surface area is 149 Å². The zero-order valence-corrected chi connectivity index (χ0v) is 14.0. The molecule has 0 heterocycles. The summed E-state index contributed by atoms with van der Waals surface area (Å²) in [4.78, 5) is 35.8. The van der Waals surface area contributed by atoms with E-state index in [0.29, 0.717) is 4.90 Å². The van der Waals surface area contributed by atoms with Crippen LogP contribution in [0.5, 0.6) is 0 Å². The van der Waals surface area contributed by atoms with Gasteiger partial charge in [-0.25, -0.2) is 14.5 Å². The maximum atomic E-state index is 12.1. The molecule has 0 fully saturated rings. The van der Waals surface area contributed by atoms with Crippen molar-refractivity contribution in [3.05, 3.63) is 71.8 Å². The number of benzene rings is 2. The first-order valence-electron chi connectivity index (χ1n) is 7.43. The molecule has 0 aromatic heterocycles. The third-order valence-corrected chi connectivity index (χ3v) is 3.25. The van der Waals surface area contributed by atoms with Crippen molar-refractivity contribution in [1.82, 2.24) is 4.90 Å². The molecule has 0 aliphatic heterocycles. The second-order valence-electron chi connectivity index (χ2n) is 5.02. The molecule has 2 aromatic carbocycles. The maximum absolute atomic E-state index is 12.1. The summed E-state index contributed by atoms with van der Waals surface area (Å²) >= 11 is 5.30. The highest BCUT2D eigenvalue weighted by atomic mass is 35.5. The summed E-state index contributed by atoms with van der Waals surface area (Å²) < 4.78 is 10.1. The fourth-order valence-corrected chi connectivity index (χ4v) is 2.04. The summed E-state index contributed by atoms with van der Waals surface area (Å²) in [7, 11) is 0. The summed E-state index contributed by atoms with van der Waals surface area (Å²) in [6, 6.07) is 17.9. The molecule has 0 unspecified atom stereocenters. The maximum Gasteiger partial charge on any atom is 0.420 e. The Balaban J connectivity index is 1.95. The molecule has 2 rings (SSSR count). The molecular weight excluding hydrogens is 346 g/mol. The van der Waals surface area contributed by atoms with Crippen LogP contribution in [-0.2, 0) is 27.5 Å². The van der Waals surface area contributed by atoms with Crippen molar-refractivity contribution in [1.29, 1.82) is 0 Å². The molecule has 2 amide bonds. The lowest BCUT2D eigenvalue weighted by Gasteiger charge is -2.18. The molecule has 7 heteroatoms. The molecule has 2 aromatic rings. The molecule has 0 atom stereocenters. The average Bonchev–Trinajstić information content (AvgIpc) is 2.64. The third-order valence-electron chi connectivity index (χ3n) is 3.13. The molecule has 0 saturated heterocycles. The molecule has 0 spiro atoms. The van der Waals surface area contributed by atoms with E-state index in [1.807, 2.05) is 12.1 Å². The number of hydrogen-bond acceptors (Lipinski definition) is 5. The highest BCUT2D eigenvalue weighted by Crippen LogP contribution is 2.08. The second kappa shape index (κ2) is 9.44. The van der Waals surface area contributed by atoms with Crippen LogP contribution in [0.15, 0.2) is 60.7 Å². The SMILES string of the molecule is O=C(Cl)CN(C(=O)OCc1ccccc1)C(=O)OCc1ccccc1. The summed E-state index contributed by atoms with van der Waals surface area (Å²) in [6.45, 7) is -0.722. The number of halogens is 1. The largest absolute Gasteiger partial charge is 0.444 e. The first kappa shape index (κ1) is 18.5. The van der Waals surface area contributed by atoms with Gasteiger partial charge in [-0.2, -0.15) is 0 Å². The fraction of sp³-hybridized carbons (Fsp3) is 0.167. The Morgan fingerprint density at radius 2 is 1.16 bits per heavy atom. The molecule has 0 saturated carbocycles. The van der Waals surface area contributed by atoms with Gasteiger partial charge in [-0.15, -0.1) is 0 Å². The topological polar surface area (TPSA) is 72.9 Å². The predicted molar refractivity (Wildman–Crippen MR) is 90.8 cm³/mol. The molecule has 0 aliphatic rings. The average molecular weight is 362 g/mol. The summed E-state index contributed by atoms with van der Waals surface area (Å²) in [5.41, 5.74) is 1.48. The van der Waals surface area contributed by atoms with E-state index in [9.17, 15) is 14.4 Å². The van der Waals surface area contributed by atoms with Crippen LogP contribution in [0.2, 0.25) is 0 Å². The Morgan fingerprint density at radius 1 is 0.760 bits per heavy atom. The lowest BCUT2D eigenvalue weighted by molar-refractivity contribution is -0.112. The van der Waals surface area contributed by atoms with Gasteiger partial charge in [0.1, 0.15) is 19.8 Å². The van der Waals surface area contributed by atoms with Crippen molar-refractivity contribution in [2.75, 3.05) is 6.54 Å². The Kier molecular flexibility index (Phi) is 6.98.